The molecule has 2 N–H and O–H groups in total. The number of aromatic nitrogens is 2. The third kappa shape index (κ3) is 5.23. The molecule has 33 heavy (non-hydrogen) atoms. The zero-order chi connectivity index (χ0) is 24.2. The van der Waals surface area contributed by atoms with E-state index in [1.165, 1.54) is 23.4 Å². The summed E-state index contributed by atoms with van der Waals surface area (Å²) in [5, 5.41) is 5.66. The van der Waals surface area contributed by atoms with Crippen molar-refractivity contribution in [2.45, 2.75) is 59.2 Å². The zero-order valence-electron chi connectivity index (χ0n) is 19.7. The Labute approximate surface area is 193 Å². The molecule has 1 aliphatic rings. The van der Waals surface area contributed by atoms with Crippen molar-refractivity contribution in [3.05, 3.63) is 53.4 Å². The third-order valence-electron chi connectivity index (χ3n) is 5.86. The SMILES string of the molecule is CCCN1C(=O)c2c(C(=O)NCc3cccc(F)c3)ncn2CC1(C)C(=O)NCCC(C)C. The summed E-state index contributed by atoms with van der Waals surface area (Å²) >= 11 is 0. The highest BCUT2D eigenvalue weighted by Gasteiger charge is 2.48. The number of fused-ring (bicyclic) bond motifs is 1. The lowest BCUT2D eigenvalue weighted by Gasteiger charge is -2.43. The largest absolute Gasteiger partial charge is 0.354 e. The highest BCUT2D eigenvalue weighted by Crippen LogP contribution is 2.29. The molecule has 3 amide bonds. The van der Waals surface area contributed by atoms with E-state index in [1.807, 2.05) is 6.92 Å². The summed E-state index contributed by atoms with van der Waals surface area (Å²) in [7, 11) is 0. The molecule has 0 bridgehead atoms. The number of imidazole rings is 1. The van der Waals surface area contributed by atoms with Gasteiger partial charge in [0.1, 0.15) is 17.1 Å². The van der Waals surface area contributed by atoms with Gasteiger partial charge in [0.15, 0.2) is 5.69 Å². The van der Waals surface area contributed by atoms with Gasteiger partial charge in [-0.25, -0.2) is 9.37 Å². The first-order chi connectivity index (χ1) is 15.7. The molecule has 0 saturated heterocycles. The number of carbonyl (C=O) groups is 3. The maximum Gasteiger partial charge on any atom is 0.273 e. The normalized spacial score (nSPS) is 17.8. The molecule has 0 aliphatic carbocycles. The Morgan fingerprint density at radius 1 is 1.27 bits per heavy atom. The molecule has 8 nitrogen and oxygen atoms in total. The van der Waals surface area contributed by atoms with Crippen LogP contribution in [0.5, 0.6) is 0 Å². The molecule has 2 heterocycles. The molecule has 0 radical (unpaired) electrons. The van der Waals surface area contributed by atoms with E-state index in [0.29, 0.717) is 31.0 Å². The Morgan fingerprint density at radius 2 is 2.03 bits per heavy atom. The minimum absolute atomic E-state index is 0.000211. The van der Waals surface area contributed by atoms with E-state index in [4.69, 9.17) is 0 Å². The van der Waals surface area contributed by atoms with Gasteiger partial charge in [0.2, 0.25) is 5.91 Å². The third-order valence-corrected chi connectivity index (χ3v) is 5.86. The first-order valence-electron chi connectivity index (χ1n) is 11.4. The second kappa shape index (κ2) is 10.1. The monoisotopic (exact) mass is 457 g/mol. The summed E-state index contributed by atoms with van der Waals surface area (Å²) < 4.78 is 15.0. The van der Waals surface area contributed by atoms with Gasteiger partial charge in [0, 0.05) is 19.6 Å². The van der Waals surface area contributed by atoms with E-state index in [1.54, 1.807) is 23.6 Å². The fourth-order valence-electron chi connectivity index (χ4n) is 4.01. The van der Waals surface area contributed by atoms with E-state index in [-0.39, 0.29) is 30.4 Å². The number of hydrogen-bond donors (Lipinski definition) is 2. The molecule has 1 aromatic carbocycles. The average Bonchev–Trinajstić information content (AvgIpc) is 3.18. The van der Waals surface area contributed by atoms with Gasteiger partial charge in [-0.3, -0.25) is 14.4 Å². The van der Waals surface area contributed by atoms with Gasteiger partial charge < -0.3 is 20.1 Å². The summed E-state index contributed by atoms with van der Waals surface area (Å²) in [6, 6.07) is 5.92. The van der Waals surface area contributed by atoms with Crippen molar-refractivity contribution in [2.75, 3.05) is 13.1 Å². The first-order valence-corrected chi connectivity index (χ1v) is 11.4. The van der Waals surface area contributed by atoms with Crippen molar-refractivity contribution in [1.82, 2.24) is 25.1 Å². The van der Waals surface area contributed by atoms with Crippen molar-refractivity contribution in [1.29, 1.82) is 0 Å². The maximum absolute atomic E-state index is 13.5. The van der Waals surface area contributed by atoms with E-state index >= 15 is 0 Å². The summed E-state index contributed by atoms with van der Waals surface area (Å²) in [6.45, 7) is 9.06. The number of halogens is 1. The molecule has 0 spiro atoms. The van der Waals surface area contributed by atoms with Crippen LogP contribution in [-0.2, 0) is 17.9 Å². The Balaban J connectivity index is 1.82. The van der Waals surface area contributed by atoms with Crippen LogP contribution in [0.2, 0.25) is 0 Å². The van der Waals surface area contributed by atoms with Gasteiger partial charge >= 0.3 is 0 Å². The molecule has 1 aliphatic heterocycles. The molecular weight excluding hydrogens is 425 g/mol. The minimum atomic E-state index is -1.09. The van der Waals surface area contributed by atoms with Crippen LogP contribution in [0.4, 0.5) is 4.39 Å². The predicted molar refractivity (Wildman–Crippen MR) is 122 cm³/mol. The average molecular weight is 458 g/mol. The molecular formula is C24H32FN5O3. The highest BCUT2D eigenvalue weighted by atomic mass is 19.1. The van der Waals surface area contributed by atoms with Crippen molar-refractivity contribution >= 4 is 17.7 Å². The van der Waals surface area contributed by atoms with Crippen molar-refractivity contribution < 1.29 is 18.8 Å². The van der Waals surface area contributed by atoms with Gasteiger partial charge in [0.25, 0.3) is 11.8 Å². The molecule has 0 fully saturated rings. The molecule has 1 atom stereocenters. The molecule has 178 valence electrons. The van der Waals surface area contributed by atoms with Crippen LogP contribution < -0.4 is 10.6 Å². The predicted octanol–water partition coefficient (Wildman–Crippen LogP) is 2.74. The van der Waals surface area contributed by atoms with Crippen molar-refractivity contribution in [3.63, 3.8) is 0 Å². The lowest BCUT2D eigenvalue weighted by atomic mass is 9.93. The molecule has 2 aromatic rings. The summed E-state index contributed by atoms with van der Waals surface area (Å²) in [6.07, 6.45) is 2.93. The van der Waals surface area contributed by atoms with Crippen molar-refractivity contribution in [3.8, 4) is 0 Å². The van der Waals surface area contributed by atoms with E-state index in [9.17, 15) is 18.8 Å². The first kappa shape index (κ1) is 24.4. The van der Waals surface area contributed by atoms with E-state index < -0.39 is 23.2 Å². The van der Waals surface area contributed by atoms with Gasteiger partial charge in [-0.1, -0.05) is 32.9 Å². The number of nitrogens with zero attached hydrogens (tertiary/aromatic N) is 3. The van der Waals surface area contributed by atoms with Crippen LogP contribution in [0, 0.1) is 11.7 Å². The van der Waals surface area contributed by atoms with Crippen LogP contribution in [-0.4, -0.2) is 50.8 Å². The topological polar surface area (TPSA) is 96.3 Å². The quantitative estimate of drug-likeness (QED) is 0.605. The minimum Gasteiger partial charge on any atom is -0.354 e. The number of benzene rings is 1. The Hall–Kier alpha value is -3.23. The lowest BCUT2D eigenvalue weighted by Crippen LogP contribution is -2.64. The Kier molecular flexibility index (Phi) is 7.50. The molecule has 1 aromatic heterocycles. The van der Waals surface area contributed by atoms with E-state index in [2.05, 4.69) is 29.5 Å². The highest BCUT2D eigenvalue weighted by molar-refractivity contribution is 6.07. The van der Waals surface area contributed by atoms with E-state index in [0.717, 1.165) is 6.42 Å². The maximum atomic E-state index is 13.5. The smallest absolute Gasteiger partial charge is 0.273 e. The number of rotatable bonds is 9. The van der Waals surface area contributed by atoms with Gasteiger partial charge in [-0.15, -0.1) is 0 Å². The Bertz CT molecular complexity index is 1030. The van der Waals surface area contributed by atoms with Gasteiger partial charge in [-0.05, 0) is 43.4 Å². The van der Waals surface area contributed by atoms with Gasteiger partial charge in [-0.2, -0.15) is 0 Å². The standard InChI is InChI=1S/C24H32FN5O3/c1-5-11-30-22(32)20-19(21(31)27-13-17-7-6-8-18(25)12-17)28-15-29(20)14-24(30,4)23(33)26-10-9-16(2)3/h6-8,12,15-16H,5,9-11,13-14H2,1-4H3,(H,26,33)(H,27,31). The number of amides is 3. The second-order valence-corrected chi connectivity index (χ2v) is 9.05. The number of nitrogens with one attached hydrogen (secondary N) is 2. The fourth-order valence-corrected chi connectivity index (χ4v) is 4.01. The second-order valence-electron chi connectivity index (χ2n) is 9.05. The van der Waals surface area contributed by atoms with Crippen LogP contribution in [0.25, 0.3) is 0 Å². The molecule has 1 unspecified atom stereocenters. The summed E-state index contributed by atoms with van der Waals surface area (Å²) in [4.78, 5) is 45.1. The fraction of sp³-hybridized carbons (Fsp3) is 0.500. The van der Waals surface area contributed by atoms with Crippen molar-refractivity contribution in [2.24, 2.45) is 5.92 Å². The lowest BCUT2D eigenvalue weighted by molar-refractivity contribution is -0.132. The Morgan fingerprint density at radius 3 is 2.70 bits per heavy atom. The van der Waals surface area contributed by atoms with Crippen LogP contribution >= 0.6 is 0 Å². The summed E-state index contributed by atoms with van der Waals surface area (Å²) in [5.41, 5.74) is -0.332. The van der Waals surface area contributed by atoms with Crippen LogP contribution in [0.1, 0.15) is 67.1 Å². The molecule has 9 heteroatoms. The number of carbonyl (C=O) groups excluding carboxylic acids is 3. The molecule has 3 rings (SSSR count). The summed E-state index contributed by atoms with van der Waals surface area (Å²) in [5.74, 6) is -1.09. The molecule has 0 saturated carbocycles. The van der Waals surface area contributed by atoms with Crippen LogP contribution in [0.15, 0.2) is 30.6 Å². The zero-order valence-corrected chi connectivity index (χ0v) is 19.7. The number of hydrogen-bond acceptors (Lipinski definition) is 4. The van der Waals surface area contributed by atoms with Gasteiger partial charge in [0.05, 0.1) is 12.9 Å². The van der Waals surface area contributed by atoms with Crippen LogP contribution in [0.3, 0.4) is 0 Å².